The number of rotatable bonds is 3. The lowest BCUT2D eigenvalue weighted by Crippen LogP contribution is -2.16. The molecule has 0 fully saturated rings. The first-order chi connectivity index (χ1) is 6.56. The lowest BCUT2D eigenvalue weighted by atomic mass is 10.1. The Bertz CT molecular complexity index is 354. The fourth-order valence-electron chi connectivity index (χ4n) is 1.06. The van der Waals surface area contributed by atoms with Gasteiger partial charge in [0, 0.05) is 5.56 Å². The lowest BCUT2D eigenvalue weighted by molar-refractivity contribution is -0.385. The van der Waals surface area contributed by atoms with E-state index in [1.165, 1.54) is 6.07 Å². The lowest BCUT2D eigenvalue weighted by Gasteiger charge is -2.07. The van der Waals surface area contributed by atoms with Gasteiger partial charge in [-0.3, -0.25) is 15.1 Å². The van der Waals surface area contributed by atoms with Crippen molar-refractivity contribution in [2.45, 2.75) is 13.0 Å². The maximum atomic E-state index is 10.5. The van der Waals surface area contributed by atoms with E-state index >= 15 is 0 Å². The number of aliphatic hydroxyl groups excluding tert-OH is 1. The van der Waals surface area contributed by atoms with Crippen molar-refractivity contribution in [2.75, 3.05) is 6.61 Å². The highest BCUT2D eigenvalue weighted by atomic mass is 16.6. The van der Waals surface area contributed by atoms with Crippen LogP contribution in [-0.2, 0) is 0 Å². The van der Waals surface area contributed by atoms with Gasteiger partial charge >= 0.3 is 0 Å². The Balaban J connectivity index is 3.06. The Morgan fingerprint density at radius 3 is 2.86 bits per heavy atom. The summed E-state index contributed by atoms with van der Waals surface area (Å²) in [6, 6.07) is 0.924. The van der Waals surface area contributed by atoms with Gasteiger partial charge in [-0.05, 0) is 13.0 Å². The van der Waals surface area contributed by atoms with Crippen molar-refractivity contribution in [1.29, 1.82) is 0 Å². The van der Waals surface area contributed by atoms with Crippen molar-refractivity contribution in [3.63, 3.8) is 0 Å². The zero-order valence-corrected chi connectivity index (χ0v) is 7.67. The summed E-state index contributed by atoms with van der Waals surface area (Å²) in [6.07, 6.45) is 1.15. The Kier molecular flexibility index (Phi) is 3.10. The van der Waals surface area contributed by atoms with Gasteiger partial charge in [0.25, 0.3) is 5.69 Å². The molecular weight excluding hydrogens is 186 g/mol. The molecule has 0 saturated carbocycles. The van der Waals surface area contributed by atoms with Gasteiger partial charge in [-0.15, -0.1) is 0 Å². The number of hydrogen-bond acceptors (Lipinski definition) is 5. The van der Waals surface area contributed by atoms with Crippen LogP contribution in [0, 0.1) is 17.0 Å². The molecule has 1 heterocycles. The summed E-state index contributed by atoms with van der Waals surface area (Å²) < 4.78 is 0. The molecule has 0 bridgehead atoms. The van der Waals surface area contributed by atoms with Crippen molar-refractivity contribution in [3.8, 4) is 0 Å². The van der Waals surface area contributed by atoms with E-state index in [2.05, 4.69) is 4.98 Å². The van der Waals surface area contributed by atoms with Crippen LogP contribution in [0.5, 0.6) is 0 Å². The second-order valence-electron chi connectivity index (χ2n) is 2.94. The molecule has 3 N–H and O–H groups in total. The number of pyridine rings is 1. The van der Waals surface area contributed by atoms with E-state index < -0.39 is 11.0 Å². The number of aliphatic hydroxyl groups is 1. The minimum atomic E-state index is -0.588. The summed E-state index contributed by atoms with van der Waals surface area (Å²) >= 11 is 0. The molecule has 1 atom stereocenters. The summed E-state index contributed by atoms with van der Waals surface area (Å²) in [4.78, 5) is 13.8. The number of nitrogens with zero attached hydrogens (tertiary/aromatic N) is 2. The van der Waals surface area contributed by atoms with E-state index in [-0.39, 0.29) is 12.3 Å². The Labute approximate surface area is 80.5 Å². The summed E-state index contributed by atoms with van der Waals surface area (Å²) in [5.41, 5.74) is 6.41. The molecule has 0 spiro atoms. The molecule has 0 aliphatic carbocycles. The van der Waals surface area contributed by atoms with Gasteiger partial charge in [0.2, 0.25) is 0 Å². The first-order valence-electron chi connectivity index (χ1n) is 4.03. The van der Waals surface area contributed by atoms with Gasteiger partial charge in [0.1, 0.15) is 6.20 Å². The Morgan fingerprint density at radius 2 is 2.43 bits per heavy atom. The fraction of sp³-hybridized carbons (Fsp3) is 0.375. The first kappa shape index (κ1) is 10.6. The molecule has 1 aromatic rings. The van der Waals surface area contributed by atoms with E-state index in [1.807, 2.05) is 0 Å². The van der Waals surface area contributed by atoms with Crippen molar-refractivity contribution in [3.05, 3.63) is 33.6 Å². The van der Waals surface area contributed by atoms with Crippen molar-refractivity contribution in [1.82, 2.24) is 4.98 Å². The number of hydrogen-bond donors (Lipinski definition) is 2. The molecule has 0 aliphatic heterocycles. The summed E-state index contributed by atoms with van der Waals surface area (Å²) in [7, 11) is 0. The summed E-state index contributed by atoms with van der Waals surface area (Å²) in [5.74, 6) is 0. The average Bonchev–Trinajstić information content (AvgIpc) is 2.15. The van der Waals surface area contributed by atoms with Crippen LogP contribution in [0.3, 0.4) is 0 Å². The number of aromatic nitrogens is 1. The number of aryl methyl sites for hydroxylation is 1. The predicted octanol–water partition coefficient (Wildman–Crippen LogP) is 0.290. The third-order valence-corrected chi connectivity index (χ3v) is 1.88. The van der Waals surface area contributed by atoms with E-state index in [0.29, 0.717) is 11.3 Å². The highest BCUT2D eigenvalue weighted by Gasteiger charge is 2.14. The molecule has 0 aliphatic rings. The monoisotopic (exact) mass is 197 g/mol. The molecule has 1 rings (SSSR count). The van der Waals surface area contributed by atoms with Crippen LogP contribution in [0.15, 0.2) is 12.3 Å². The maximum absolute atomic E-state index is 10.5. The molecule has 0 aromatic carbocycles. The van der Waals surface area contributed by atoms with Gasteiger partial charge in [-0.2, -0.15) is 0 Å². The molecule has 0 amide bonds. The molecular formula is C8H11N3O3. The van der Waals surface area contributed by atoms with Crippen LogP contribution in [0.25, 0.3) is 0 Å². The van der Waals surface area contributed by atoms with E-state index in [1.54, 1.807) is 6.92 Å². The molecule has 14 heavy (non-hydrogen) atoms. The van der Waals surface area contributed by atoms with Gasteiger partial charge in [-0.1, -0.05) is 0 Å². The van der Waals surface area contributed by atoms with Crippen molar-refractivity contribution >= 4 is 5.69 Å². The second-order valence-corrected chi connectivity index (χ2v) is 2.94. The van der Waals surface area contributed by atoms with Gasteiger partial charge in [-0.25, -0.2) is 0 Å². The quantitative estimate of drug-likeness (QED) is 0.535. The van der Waals surface area contributed by atoms with Gasteiger partial charge in [0.15, 0.2) is 0 Å². The first-order valence-corrected chi connectivity index (χ1v) is 4.03. The van der Waals surface area contributed by atoms with Crippen molar-refractivity contribution < 1.29 is 10.0 Å². The fourth-order valence-corrected chi connectivity index (χ4v) is 1.06. The topological polar surface area (TPSA) is 102 Å². The molecule has 0 radical (unpaired) electrons. The molecule has 76 valence electrons. The zero-order chi connectivity index (χ0) is 10.7. The molecule has 0 unspecified atom stereocenters. The van der Waals surface area contributed by atoms with Crippen LogP contribution in [0.2, 0.25) is 0 Å². The highest BCUT2D eigenvalue weighted by Crippen LogP contribution is 2.18. The third kappa shape index (κ3) is 2.04. The standard InChI is InChI=1S/C8H11N3O3/c1-5-2-7(6(9)4-12)10-3-8(5)11(13)14/h2-3,6,12H,4,9H2,1H3/t6-/m1/s1. The number of nitro groups is 1. The Hall–Kier alpha value is -1.53. The maximum Gasteiger partial charge on any atom is 0.290 e. The van der Waals surface area contributed by atoms with Crippen LogP contribution < -0.4 is 5.73 Å². The molecule has 1 aromatic heterocycles. The van der Waals surface area contributed by atoms with Crippen LogP contribution in [0.4, 0.5) is 5.69 Å². The largest absolute Gasteiger partial charge is 0.394 e. The molecule has 6 nitrogen and oxygen atoms in total. The minimum absolute atomic E-state index is 0.0427. The second kappa shape index (κ2) is 4.12. The Morgan fingerprint density at radius 1 is 1.79 bits per heavy atom. The van der Waals surface area contributed by atoms with Crippen LogP contribution in [0.1, 0.15) is 17.3 Å². The normalized spacial score (nSPS) is 12.5. The smallest absolute Gasteiger partial charge is 0.290 e. The average molecular weight is 197 g/mol. The van der Waals surface area contributed by atoms with Gasteiger partial charge in [0.05, 0.1) is 23.3 Å². The van der Waals surface area contributed by atoms with E-state index in [4.69, 9.17) is 10.8 Å². The van der Waals surface area contributed by atoms with Crippen molar-refractivity contribution in [2.24, 2.45) is 5.73 Å². The number of nitrogens with two attached hydrogens (primary N) is 1. The van der Waals surface area contributed by atoms with Gasteiger partial charge < -0.3 is 10.8 Å². The van der Waals surface area contributed by atoms with Crippen LogP contribution in [-0.4, -0.2) is 21.6 Å². The SMILES string of the molecule is Cc1cc([C@H](N)CO)ncc1[N+](=O)[O-]. The minimum Gasteiger partial charge on any atom is -0.394 e. The molecule has 6 heteroatoms. The predicted molar refractivity (Wildman–Crippen MR) is 49.6 cm³/mol. The summed E-state index contributed by atoms with van der Waals surface area (Å²) in [5, 5.41) is 19.2. The summed E-state index contributed by atoms with van der Waals surface area (Å²) in [6.45, 7) is 1.37. The zero-order valence-electron chi connectivity index (χ0n) is 7.67. The third-order valence-electron chi connectivity index (χ3n) is 1.88. The highest BCUT2D eigenvalue weighted by molar-refractivity contribution is 5.38. The van der Waals surface area contributed by atoms with E-state index in [0.717, 1.165) is 6.20 Å². The van der Waals surface area contributed by atoms with Crippen LogP contribution >= 0.6 is 0 Å². The van der Waals surface area contributed by atoms with E-state index in [9.17, 15) is 10.1 Å². The molecule has 0 saturated heterocycles.